The summed E-state index contributed by atoms with van der Waals surface area (Å²) >= 11 is 0. The van der Waals surface area contributed by atoms with Gasteiger partial charge in [-0.1, -0.05) is 6.07 Å². The van der Waals surface area contributed by atoms with E-state index in [9.17, 15) is 14.7 Å². The maximum atomic E-state index is 12.1. The highest BCUT2D eigenvalue weighted by Gasteiger charge is 2.33. The second kappa shape index (κ2) is 7.14. The van der Waals surface area contributed by atoms with Crippen LogP contribution in [0.2, 0.25) is 0 Å². The zero-order valence-electron chi connectivity index (χ0n) is 15.6. The molecule has 8 nitrogen and oxygen atoms in total. The molecule has 1 aromatic heterocycles. The SMILES string of the molecule is Cc1cc(C)nc(/N=C2\NC(=O)CC(C(=O)[O-])N2c2ccc(C)c(C)c2)n1. The minimum atomic E-state index is -1.35. The van der Waals surface area contributed by atoms with Crippen LogP contribution < -0.4 is 15.3 Å². The number of carbonyl (C=O) groups is 2. The summed E-state index contributed by atoms with van der Waals surface area (Å²) in [7, 11) is 0. The van der Waals surface area contributed by atoms with Crippen molar-refractivity contribution < 1.29 is 14.7 Å². The number of rotatable bonds is 3. The fourth-order valence-electron chi connectivity index (χ4n) is 2.95. The maximum Gasteiger partial charge on any atom is 0.253 e. The molecule has 0 spiro atoms. The van der Waals surface area contributed by atoms with E-state index in [1.54, 1.807) is 12.1 Å². The smallest absolute Gasteiger partial charge is 0.253 e. The number of hydrogen-bond donors (Lipinski definition) is 1. The molecule has 0 radical (unpaired) electrons. The zero-order chi connectivity index (χ0) is 19.7. The van der Waals surface area contributed by atoms with Crippen LogP contribution in [-0.2, 0) is 9.59 Å². The molecule has 2 heterocycles. The first-order valence-corrected chi connectivity index (χ1v) is 8.53. The predicted molar refractivity (Wildman–Crippen MR) is 98.6 cm³/mol. The lowest BCUT2D eigenvalue weighted by Gasteiger charge is -2.38. The first kappa shape index (κ1) is 18.5. The number of aromatic nitrogens is 2. The lowest BCUT2D eigenvalue weighted by atomic mass is 10.1. The lowest BCUT2D eigenvalue weighted by Crippen LogP contribution is -2.61. The summed E-state index contributed by atoms with van der Waals surface area (Å²) in [5.74, 6) is -1.59. The molecule has 140 valence electrons. The average Bonchev–Trinajstić information content (AvgIpc) is 2.56. The number of benzene rings is 1. The number of aliphatic carboxylic acids is 1. The molecule has 1 unspecified atom stereocenters. The number of aryl methyl sites for hydroxylation is 4. The van der Waals surface area contributed by atoms with E-state index in [1.807, 2.05) is 39.8 Å². The number of hydrogen-bond acceptors (Lipinski definition) is 6. The molecule has 1 saturated heterocycles. The molecule has 2 aromatic rings. The molecular weight excluding hydrogens is 346 g/mol. The second-order valence-corrected chi connectivity index (χ2v) is 6.61. The van der Waals surface area contributed by atoms with Crippen molar-refractivity contribution in [3.05, 3.63) is 46.8 Å². The summed E-state index contributed by atoms with van der Waals surface area (Å²) in [4.78, 5) is 38.0. The minimum absolute atomic E-state index is 0.0636. The van der Waals surface area contributed by atoms with Crippen LogP contribution in [0.1, 0.15) is 28.9 Å². The number of carbonyl (C=O) groups excluding carboxylic acids is 2. The molecule has 1 amide bonds. The van der Waals surface area contributed by atoms with Gasteiger partial charge in [-0.3, -0.25) is 10.1 Å². The quantitative estimate of drug-likeness (QED) is 0.862. The monoisotopic (exact) mass is 366 g/mol. The second-order valence-electron chi connectivity index (χ2n) is 6.61. The van der Waals surface area contributed by atoms with Crippen LogP contribution in [0.5, 0.6) is 0 Å². The van der Waals surface area contributed by atoms with Gasteiger partial charge < -0.3 is 14.8 Å². The van der Waals surface area contributed by atoms with E-state index in [0.29, 0.717) is 5.69 Å². The first-order valence-electron chi connectivity index (χ1n) is 8.53. The Morgan fingerprint density at radius 3 is 2.41 bits per heavy atom. The van der Waals surface area contributed by atoms with Gasteiger partial charge in [0.05, 0.1) is 18.4 Å². The normalized spacial score (nSPS) is 18.5. The standard InChI is InChI=1S/C19H21N5O3/c1-10-5-6-14(7-11(10)2)24-15(17(26)27)9-16(25)22-19(24)23-18-20-12(3)8-13(4)21-18/h5-8,15H,9H2,1-4H3,(H,26,27)(H,20,21,22,23,25)/p-1. The molecular formula is C19H20N5O3-. The zero-order valence-corrected chi connectivity index (χ0v) is 15.6. The van der Waals surface area contributed by atoms with Crippen molar-refractivity contribution >= 4 is 29.5 Å². The molecule has 1 aliphatic rings. The number of carboxylic acid groups (broad SMARTS) is 1. The summed E-state index contributed by atoms with van der Waals surface area (Å²) < 4.78 is 0. The lowest BCUT2D eigenvalue weighted by molar-refractivity contribution is -0.307. The highest BCUT2D eigenvalue weighted by atomic mass is 16.4. The van der Waals surface area contributed by atoms with E-state index in [0.717, 1.165) is 22.5 Å². The van der Waals surface area contributed by atoms with E-state index >= 15 is 0 Å². The van der Waals surface area contributed by atoms with Gasteiger partial charge >= 0.3 is 0 Å². The van der Waals surface area contributed by atoms with E-state index in [2.05, 4.69) is 20.3 Å². The third kappa shape index (κ3) is 3.94. The van der Waals surface area contributed by atoms with Gasteiger partial charge in [-0.05, 0) is 57.0 Å². The summed E-state index contributed by atoms with van der Waals surface area (Å²) in [6.07, 6.45) is -0.234. The van der Waals surface area contributed by atoms with Gasteiger partial charge in [0, 0.05) is 17.1 Å². The molecule has 0 saturated carbocycles. The van der Waals surface area contributed by atoms with Crippen LogP contribution in [0, 0.1) is 27.7 Å². The van der Waals surface area contributed by atoms with Crippen LogP contribution in [0.25, 0.3) is 0 Å². The molecule has 1 N–H and O–H groups in total. The van der Waals surface area contributed by atoms with Crippen molar-refractivity contribution in [3.63, 3.8) is 0 Å². The van der Waals surface area contributed by atoms with Gasteiger partial charge in [-0.25, -0.2) is 9.97 Å². The number of carboxylic acids is 1. The van der Waals surface area contributed by atoms with Gasteiger partial charge in [-0.15, -0.1) is 0 Å². The molecule has 1 fully saturated rings. The number of amides is 1. The number of nitrogens with one attached hydrogen (secondary N) is 1. The van der Waals surface area contributed by atoms with Crippen molar-refractivity contribution in [1.82, 2.24) is 15.3 Å². The minimum Gasteiger partial charge on any atom is -0.548 e. The Labute approximate surface area is 157 Å². The van der Waals surface area contributed by atoms with Crippen LogP contribution in [0.4, 0.5) is 11.6 Å². The fraction of sp³-hybridized carbons (Fsp3) is 0.316. The summed E-state index contributed by atoms with van der Waals surface area (Å²) in [6.45, 7) is 7.51. The van der Waals surface area contributed by atoms with Gasteiger partial charge in [0.1, 0.15) is 0 Å². The Morgan fingerprint density at radius 1 is 1.15 bits per heavy atom. The van der Waals surface area contributed by atoms with Gasteiger partial charge in [0.25, 0.3) is 5.95 Å². The number of nitrogens with zero attached hydrogens (tertiary/aromatic N) is 4. The summed E-state index contributed by atoms with van der Waals surface area (Å²) in [5, 5.41) is 14.4. The van der Waals surface area contributed by atoms with Crippen LogP contribution in [0.3, 0.4) is 0 Å². The molecule has 1 atom stereocenters. The number of guanidine groups is 1. The summed E-state index contributed by atoms with van der Waals surface area (Å²) in [6, 6.07) is 6.14. The molecule has 1 aromatic carbocycles. The van der Waals surface area contributed by atoms with E-state index in [-0.39, 0.29) is 18.3 Å². The van der Waals surface area contributed by atoms with Crippen molar-refractivity contribution in [2.24, 2.45) is 4.99 Å². The number of anilines is 1. The molecule has 1 aliphatic heterocycles. The van der Waals surface area contributed by atoms with Crippen molar-refractivity contribution in [1.29, 1.82) is 0 Å². The van der Waals surface area contributed by atoms with Gasteiger partial charge in [0.15, 0.2) is 0 Å². The topological polar surface area (TPSA) is 111 Å². The Balaban J connectivity index is 2.14. The molecule has 0 aliphatic carbocycles. The fourth-order valence-corrected chi connectivity index (χ4v) is 2.95. The molecule has 3 rings (SSSR count). The third-order valence-corrected chi connectivity index (χ3v) is 4.39. The highest BCUT2D eigenvalue weighted by Crippen LogP contribution is 2.25. The van der Waals surface area contributed by atoms with E-state index < -0.39 is 17.9 Å². The maximum absolute atomic E-state index is 12.1. The average molecular weight is 366 g/mol. The highest BCUT2D eigenvalue weighted by molar-refractivity contribution is 6.13. The molecule has 0 bridgehead atoms. The van der Waals surface area contributed by atoms with Crippen LogP contribution in [0.15, 0.2) is 29.3 Å². The Hall–Kier alpha value is -3.29. The van der Waals surface area contributed by atoms with Crippen LogP contribution in [-0.4, -0.2) is 33.8 Å². The molecule has 8 heteroatoms. The van der Waals surface area contributed by atoms with Crippen molar-refractivity contribution in [2.45, 2.75) is 40.2 Å². The van der Waals surface area contributed by atoms with E-state index in [4.69, 9.17) is 0 Å². The van der Waals surface area contributed by atoms with Crippen LogP contribution >= 0.6 is 0 Å². The van der Waals surface area contributed by atoms with Gasteiger partial charge in [0.2, 0.25) is 11.9 Å². The Kier molecular flexibility index (Phi) is 4.89. The first-order chi connectivity index (χ1) is 12.7. The molecule has 27 heavy (non-hydrogen) atoms. The predicted octanol–water partition coefficient (Wildman–Crippen LogP) is 0.843. The van der Waals surface area contributed by atoms with E-state index in [1.165, 1.54) is 4.90 Å². The Morgan fingerprint density at radius 2 is 1.81 bits per heavy atom. The Bertz CT molecular complexity index is 934. The van der Waals surface area contributed by atoms with Crippen molar-refractivity contribution in [2.75, 3.05) is 4.90 Å². The third-order valence-electron chi connectivity index (χ3n) is 4.39. The van der Waals surface area contributed by atoms with Gasteiger partial charge in [-0.2, -0.15) is 4.99 Å². The van der Waals surface area contributed by atoms with Crippen molar-refractivity contribution in [3.8, 4) is 0 Å². The largest absolute Gasteiger partial charge is 0.548 e. The number of aliphatic imine (C=N–C) groups is 1. The summed E-state index contributed by atoms with van der Waals surface area (Å²) in [5.41, 5.74) is 4.09.